The van der Waals surface area contributed by atoms with Gasteiger partial charge < -0.3 is 10.0 Å². The summed E-state index contributed by atoms with van der Waals surface area (Å²) < 4.78 is 0. The lowest BCUT2D eigenvalue weighted by atomic mass is 9.97. The highest BCUT2D eigenvalue weighted by Crippen LogP contribution is 2.43. The van der Waals surface area contributed by atoms with Gasteiger partial charge in [-0.1, -0.05) is 6.42 Å². The zero-order valence-electron chi connectivity index (χ0n) is 14.2. The van der Waals surface area contributed by atoms with E-state index in [1.54, 1.807) is 4.90 Å². The largest absolute Gasteiger partial charge is 0.392 e. The van der Waals surface area contributed by atoms with Crippen molar-refractivity contribution in [1.82, 2.24) is 4.90 Å². The molecule has 1 aromatic rings. The Kier molecular flexibility index (Phi) is 4.87. The molecule has 1 unspecified atom stereocenters. The molecule has 0 saturated carbocycles. The second-order valence-corrected chi connectivity index (χ2v) is 6.68. The van der Waals surface area contributed by atoms with E-state index in [4.69, 9.17) is 0 Å². The number of nitro groups is 2. The van der Waals surface area contributed by atoms with Crippen molar-refractivity contribution in [1.29, 1.82) is 0 Å². The van der Waals surface area contributed by atoms with Gasteiger partial charge in [0.2, 0.25) is 0 Å². The van der Waals surface area contributed by atoms with Crippen molar-refractivity contribution in [2.45, 2.75) is 38.8 Å². The molecule has 3 rings (SSSR count). The maximum Gasteiger partial charge on any atom is 0.302 e. The van der Waals surface area contributed by atoms with Crippen LogP contribution in [0.5, 0.6) is 0 Å². The van der Waals surface area contributed by atoms with E-state index in [-0.39, 0.29) is 28.7 Å². The van der Waals surface area contributed by atoms with E-state index in [1.165, 1.54) is 13.0 Å². The third-order valence-electron chi connectivity index (χ3n) is 5.32. The van der Waals surface area contributed by atoms with Crippen molar-refractivity contribution in [2.24, 2.45) is 0 Å². The lowest BCUT2D eigenvalue weighted by Gasteiger charge is -2.44. The van der Waals surface area contributed by atoms with Gasteiger partial charge in [-0.05, 0) is 31.9 Å². The Bertz CT molecular complexity index is 708. The first-order valence-corrected chi connectivity index (χ1v) is 8.49. The van der Waals surface area contributed by atoms with Gasteiger partial charge in [0.25, 0.3) is 5.69 Å². The van der Waals surface area contributed by atoms with Crippen LogP contribution < -0.4 is 4.90 Å². The smallest absolute Gasteiger partial charge is 0.302 e. The van der Waals surface area contributed by atoms with Crippen molar-refractivity contribution in [3.63, 3.8) is 0 Å². The number of aliphatic hydroxyl groups excluding tert-OH is 1. The number of nitro benzene ring substituents is 2. The number of aliphatic hydroxyl groups is 1. The molecule has 2 fully saturated rings. The molecule has 0 spiro atoms. The van der Waals surface area contributed by atoms with Crippen LogP contribution in [0.15, 0.2) is 6.07 Å². The van der Waals surface area contributed by atoms with Crippen molar-refractivity contribution >= 4 is 17.1 Å². The molecule has 25 heavy (non-hydrogen) atoms. The second-order valence-electron chi connectivity index (χ2n) is 6.68. The Labute approximate surface area is 145 Å². The van der Waals surface area contributed by atoms with Gasteiger partial charge in [0, 0.05) is 37.3 Å². The molecule has 1 aromatic carbocycles. The lowest BCUT2D eigenvalue weighted by Crippen LogP contribution is -2.55. The SMILES string of the molecule is Cc1c(CO)cc([N+](=O)[O-])c(N2CCN3CCCCC3C2)c1[N+](=O)[O-]. The van der Waals surface area contributed by atoms with Gasteiger partial charge >= 0.3 is 5.69 Å². The van der Waals surface area contributed by atoms with E-state index in [2.05, 4.69) is 4.90 Å². The third-order valence-corrected chi connectivity index (χ3v) is 5.32. The Hall–Kier alpha value is -2.26. The first-order valence-electron chi connectivity index (χ1n) is 8.49. The van der Waals surface area contributed by atoms with Crippen LogP contribution in [0.2, 0.25) is 0 Å². The van der Waals surface area contributed by atoms with E-state index in [9.17, 15) is 25.3 Å². The van der Waals surface area contributed by atoms with E-state index >= 15 is 0 Å². The molecule has 136 valence electrons. The molecule has 9 nitrogen and oxygen atoms in total. The number of benzene rings is 1. The van der Waals surface area contributed by atoms with Crippen LogP contribution in [0.1, 0.15) is 30.4 Å². The number of nitrogens with zero attached hydrogens (tertiary/aromatic N) is 4. The summed E-state index contributed by atoms with van der Waals surface area (Å²) in [6, 6.07) is 1.55. The Morgan fingerprint density at radius 3 is 2.60 bits per heavy atom. The standard InChI is InChI=1S/C16H22N4O5/c1-11-12(10-21)8-14(19(22)23)16(15(11)20(24)25)18-7-6-17-5-3-2-4-13(17)9-18/h8,13,21H,2-7,9-10H2,1H3. The summed E-state index contributed by atoms with van der Waals surface area (Å²) in [4.78, 5) is 26.2. The molecule has 0 amide bonds. The minimum atomic E-state index is -0.589. The molecular weight excluding hydrogens is 328 g/mol. The minimum absolute atomic E-state index is 0.0786. The third kappa shape index (κ3) is 3.16. The van der Waals surface area contributed by atoms with Gasteiger partial charge in [-0.2, -0.15) is 0 Å². The monoisotopic (exact) mass is 350 g/mol. The number of hydrogen-bond acceptors (Lipinski definition) is 7. The average molecular weight is 350 g/mol. The zero-order valence-corrected chi connectivity index (χ0v) is 14.2. The van der Waals surface area contributed by atoms with Crippen molar-refractivity contribution in [2.75, 3.05) is 31.1 Å². The highest BCUT2D eigenvalue weighted by molar-refractivity contribution is 5.79. The summed E-state index contributed by atoms with van der Waals surface area (Å²) in [6.07, 6.45) is 3.27. The fourth-order valence-electron chi connectivity index (χ4n) is 3.99. The molecule has 0 aromatic heterocycles. The van der Waals surface area contributed by atoms with E-state index in [0.29, 0.717) is 18.7 Å². The Balaban J connectivity index is 2.08. The molecule has 9 heteroatoms. The van der Waals surface area contributed by atoms with Crippen LogP contribution in [0, 0.1) is 27.2 Å². The molecule has 0 radical (unpaired) electrons. The zero-order chi connectivity index (χ0) is 18.1. The number of rotatable bonds is 4. The van der Waals surface area contributed by atoms with Crippen LogP contribution in [-0.2, 0) is 6.61 Å². The van der Waals surface area contributed by atoms with Crippen LogP contribution in [0.3, 0.4) is 0 Å². The van der Waals surface area contributed by atoms with Gasteiger partial charge in [-0.3, -0.25) is 25.1 Å². The van der Waals surface area contributed by atoms with Gasteiger partial charge in [0.15, 0.2) is 5.69 Å². The molecule has 2 heterocycles. The predicted molar refractivity (Wildman–Crippen MR) is 91.8 cm³/mol. The van der Waals surface area contributed by atoms with E-state index in [0.717, 1.165) is 32.4 Å². The summed E-state index contributed by atoms with van der Waals surface area (Å²) in [5.74, 6) is 0. The topological polar surface area (TPSA) is 113 Å². The highest BCUT2D eigenvalue weighted by Gasteiger charge is 2.38. The van der Waals surface area contributed by atoms with Crippen LogP contribution in [0.4, 0.5) is 17.1 Å². The molecule has 2 aliphatic rings. The number of piperazine rings is 1. The van der Waals surface area contributed by atoms with Crippen LogP contribution in [0.25, 0.3) is 0 Å². The average Bonchev–Trinajstić information content (AvgIpc) is 2.60. The van der Waals surface area contributed by atoms with Gasteiger partial charge in [0.05, 0.1) is 16.5 Å². The first kappa shape index (κ1) is 17.6. The van der Waals surface area contributed by atoms with Crippen molar-refractivity contribution in [3.8, 4) is 0 Å². The lowest BCUT2D eigenvalue weighted by molar-refractivity contribution is -0.393. The number of piperidine rings is 1. The molecule has 2 aliphatic heterocycles. The molecule has 2 saturated heterocycles. The van der Waals surface area contributed by atoms with Gasteiger partial charge in [0.1, 0.15) is 0 Å². The highest BCUT2D eigenvalue weighted by atomic mass is 16.6. The van der Waals surface area contributed by atoms with Crippen molar-refractivity contribution in [3.05, 3.63) is 37.4 Å². The number of hydrogen-bond donors (Lipinski definition) is 1. The second kappa shape index (κ2) is 6.93. The molecular formula is C16H22N4O5. The summed E-state index contributed by atoms with van der Waals surface area (Å²) in [5, 5.41) is 32.7. The summed E-state index contributed by atoms with van der Waals surface area (Å²) in [5.41, 5.74) is 0.0284. The Morgan fingerprint density at radius 1 is 1.20 bits per heavy atom. The number of anilines is 1. The molecule has 0 bridgehead atoms. The summed E-state index contributed by atoms with van der Waals surface area (Å²) in [7, 11) is 0. The Morgan fingerprint density at radius 2 is 1.96 bits per heavy atom. The fraction of sp³-hybridized carbons (Fsp3) is 0.625. The van der Waals surface area contributed by atoms with Gasteiger partial charge in [-0.15, -0.1) is 0 Å². The maximum atomic E-state index is 11.7. The normalized spacial score (nSPS) is 21.0. The molecule has 1 N–H and O–H groups in total. The first-order chi connectivity index (χ1) is 11.9. The van der Waals surface area contributed by atoms with Crippen LogP contribution >= 0.6 is 0 Å². The van der Waals surface area contributed by atoms with E-state index < -0.39 is 16.5 Å². The maximum absolute atomic E-state index is 11.7. The predicted octanol–water partition coefficient (Wildman–Crippen LogP) is 1.98. The number of fused-ring (bicyclic) bond motifs is 1. The fourth-order valence-corrected chi connectivity index (χ4v) is 3.99. The van der Waals surface area contributed by atoms with Gasteiger partial charge in [-0.25, -0.2) is 0 Å². The van der Waals surface area contributed by atoms with E-state index in [1.807, 2.05) is 0 Å². The summed E-state index contributed by atoms with van der Waals surface area (Å²) >= 11 is 0. The quantitative estimate of drug-likeness (QED) is 0.652. The summed E-state index contributed by atoms with van der Waals surface area (Å²) in [6.45, 7) is 3.92. The molecule has 1 atom stereocenters. The van der Waals surface area contributed by atoms with Crippen LogP contribution in [-0.4, -0.2) is 52.1 Å². The molecule has 0 aliphatic carbocycles. The van der Waals surface area contributed by atoms with Crippen molar-refractivity contribution < 1.29 is 15.0 Å². The minimum Gasteiger partial charge on any atom is -0.392 e.